The van der Waals surface area contributed by atoms with Crippen LogP contribution in [0.2, 0.25) is 0 Å². The molecule has 2 aliphatic rings. The van der Waals surface area contributed by atoms with Gasteiger partial charge in [-0.3, -0.25) is 0 Å². The second-order valence-electron chi connectivity index (χ2n) is 12.5. The highest BCUT2D eigenvalue weighted by molar-refractivity contribution is 5.85. The fourth-order valence-corrected chi connectivity index (χ4v) is 8.17. The van der Waals surface area contributed by atoms with Gasteiger partial charge in [0.2, 0.25) is 0 Å². The lowest BCUT2D eigenvalue weighted by Gasteiger charge is -2.47. The van der Waals surface area contributed by atoms with E-state index in [1.54, 1.807) is 0 Å². The van der Waals surface area contributed by atoms with Crippen molar-refractivity contribution in [2.24, 2.45) is 0 Å². The van der Waals surface area contributed by atoms with Crippen LogP contribution < -0.4 is 10.6 Å². The van der Waals surface area contributed by atoms with Gasteiger partial charge in [-0.15, -0.1) is 0 Å². The van der Waals surface area contributed by atoms with Gasteiger partial charge in [0.1, 0.15) is 0 Å². The molecular formula is C41H40N2. The van der Waals surface area contributed by atoms with Gasteiger partial charge >= 0.3 is 0 Å². The van der Waals surface area contributed by atoms with E-state index >= 15 is 0 Å². The molecule has 2 nitrogen and oxygen atoms in total. The van der Waals surface area contributed by atoms with E-state index in [4.69, 9.17) is 0 Å². The van der Waals surface area contributed by atoms with E-state index in [-0.39, 0.29) is 11.8 Å². The van der Waals surface area contributed by atoms with Crippen LogP contribution in [0.1, 0.15) is 77.5 Å². The summed E-state index contributed by atoms with van der Waals surface area (Å²) in [6.07, 6.45) is 2.49. The molecule has 2 aliphatic carbocycles. The van der Waals surface area contributed by atoms with Crippen molar-refractivity contribution in [2.75, 3.05) is 24.7 Å². The van der Waals surface area contributed by atoms with Crippen molar-refractivity contribution in [3.05, 3.63) is 160 Å². The molecule has 214 valence electrons. The Labute approximate surface area is 256 Å². The van der Waals surface area contributed by atoms with Crippen LogP contribution in [0.15, 0.2) is 121 Å². The van der Waals surface area contributed by atoms with E-state index in [1.807, 2.05) is 14.1 Å². The van der Waals surface area contributed by atoms with Gasteiger partial charge in [0.15, 0.2) is 0 Å². The van der Waals surface area contributed by atoms with Gasteiger partial charge in [-0.1, -0.05) is 116 Å². The Balaban J connectivity index is 1.65. The topological polar surface area (TPSA) is 24.1 Å². The Hall–Kier alpha value is -4.56. The van der Waals surface area contributed by atoms with Crippen molar-refractivity contribution in [1.82, 2.24) is 0 Å². The largest absolute Gasteiger partial charge is 0.388 e. The molecule has 0 saturated heterocycles. The summed E-state index contributed by atoms with van der Waals surface area (Å²) < 4.78 is 0. The zero-order valence-electron chi connectivity index (χ0n) is 25.8. The van der Waals surface area contributed by atoms with Gasteiger partial charge in [-0.2, -0.15) is 0 Å². The Kier molecular flexibility index (Phi) is 6.73. The molecule has 5 aromatic rings. The van der Waals surface area contributed by atoms with Crippen molar-refractivity contribution in [3.63, 3.8) is 0 Å². The standard InChI is InChI=1S/C41H40N2/c1-26(2)32-17-12-18-35-36(32)23-27(3)39(35)41(28-13-8-6-9-14-28,29-15-10-7-11-16-29)40-37-24-30(42-4)19-21-33(37)34-22-20-31(43-5)25-38(34)40/h6-26,39-40,42-43H,1-5H3. The van der Waals surface area contributed by atoms with Crippen molar-refractivity contribution < 1.29 is 0 Å². The molecule has 2 heteroatoms. The first kappa shape index (κ1) is 27.3. The molecule has 0 fully saturated rings. The fraction of sp³-hybridized carbons (Fsp3) is 0.220. The average Bonchev–Trinajstić information content (AvgIpc) is 3.56. The smallest absolute Gasteiger partial charge is 0.0418 e. The predicted molar refractivity (Wildman–Crippen MR) is 183 cm³/mol. The van der Waals surface area contributed by atoms with E-state index in [0.29, 0.717) is 5.92 Å². The van der Waals surface area contributed by atoms with Crippen LogP contribution in [-0.4, -0.2) is 14.1 Å². The van der Waals surface area contributed by atoms with Crippen LogP contribution in [0.4, 0.5) is 11.4 Å². The summed E-state index contributed by atoms with van der Waals surface area (Å²) in [5.74, 6) is 0.669. The van der Waals surface area contributed by atoms with Crippen molar-refractivity contribution in [3.8, 4) is 11.1 Å². The lowest BCUT2D eigenvalue weighted by atomic mass is 9.54. The maximum absolute atomic E-state index is 3.45. The highest BCUT2D eigenvalue weighted by Gasteiger charge is 2.55. The minimum atomic E-state index is -0.414. The Morgan fingerprint density at radius 2 is 1.12 bits per heavy atom. The van der Waals surface area contributed by atoms with Gasteiger partial charge in [-0.05, 0) is 87.2 Å². The van der Waals surface area contributed by atoms with Crippen LogP contribution in [0.3, 0.4) is 0 Å². The van der Waals surface area contributed by atoms with E-state index < -0.39 is 5.41 Å². The number of hydrogen-bond donors (Lipinski definition) is 2. The summed E-state index contributed by atoms with van der Waals surface area (Å²) in [7, 11) is 4.04. The molecule has 0 aromatic heterocycles. The molecule has 1 unspecified atom stereocenters. The molecule has 2 N–H and O–H groups in total. The number of anilines is 2. The molecular weight excluding hydrogens is 520 g/mol. The number of rotatable bonds is 7. The van der Waals surface area contributed by atoms with E-state index in [2.05, 4.69) is 153 Å². The third-order valence-electron chi connectivity index (χ3n) is 9.94. The summed E-state index contributed by atoms with van der Waals surface area (Å²) in [4.78, 5) is 0. The second kappa shape index (κ2) is 10.6. The molecule has 0 amide bonds. The number of nitrogens with one attached hydrogen (secondary N) is 2. The Morgan fingerprint density at radius 1 is 0.581 bits per heavy atom. The molecule has 0 heterocycles. The fourth-order valence-electron chi connectivity index (χ4n) is 8.17. The SMILES string of the molecule is CNc1ccc2c(c1)C(C(c1ccccc1)(c1ccccc1)C1C(C)=Cc3c(C(C)C)cccc31)c1cc(NC)ccc1-2. The van der Waals surface area contributed by atoms with Crippen LogP contribution >= 0.6 is 0 Å². The number of fused-ring (bicyclic) bond motifs is 4. The third kappa shape index (κ3) is 4.07. The van der Waals surface area contributed by atoms with E-state index in [9.17, 15) is 0 Å². The average molecular weight is 561 g/mol. The van der Waals surface area contributed by atoms with Gasteiger partial charge in [0.25, 0.3) is 0 Å². The molecule has 7 rings (SSSR count). The highest BCUT2D eigenvalue weighted by Crippen LogP contribution is 2.65. The molecule has 43 heavy (non-hydrogen) atoms. The molecule has 5 aromatic carbocycles. The van der Waals surface area contributed by atoms with Crippen molar-refractivity contribution >= 4 is 17.5 Å². The first-order chi connectivity index (χ1) is 21.0. The molecule has 0 spiro atoms. The van der Waals surface area contributed by atoms with E-state index in [1.165, 1.54) is 55.6 Å². The first-order valence-electron chi connectivity index (χ1n) is 15.5. The lowest BCUT2D eigenvalue weighted by molar-refractivity contribution is 0.405. The number of allylic oxidation sites excluding steroid dienone is 1. The molecule has 0 bridgehead atoms. The number of benzene rings is 5. The maximum Gasteiger partial charge on any atom is 0.0418 e. The summed E-state index contributed by atoms with van der Waals surface area (Å²) in [5.41, 5.74) is 15.6. The molecule has 0 radical (unpaired) electrons. The lowest BCUT2D eigenvalue weighted by Crippen LogP contribution is -2.41. The van der Waals surface area contributed by atoms with Gasteiger partial charge in [-0.25, -0.2) is 0 Å². The van der Waals surface area contributed by atoms with Crippen molar-refractivity contribution in [1.29, 1.82) is 0 Å². The van der Waals surface area contributed by atoms with Crippen LogP contribution in [-0.2, 0) is 5.41 Å². The van der Waals surface area contributed by atoms with Gasteiger partial charge < -0.3 is 10.6 Å². The maximum atomic E-state index is 3.45. The highest BCUT2D eigenvalue weighted by atomic mass is 14.8. The second-order valence-corrected chi connectivity index (χ2v) is 12.5. The summed E-state index contributed by atoms with van der Waals surface area (Å²) in [6, 6.07) is 43.5. The minimum absolute atomic E-state index is 0.0749. The van der Waals surface area contributed by atoms with Crippen LogP contribution in [0.25, 0.3) is 17.2 Å². The Morgan fingerprint density at radius 3 is 1.60 bits per heavy atom. The summed E-state index contributed by atoms with van der Waals surface area (Å²) >= 11 is 0. The monoisotopic (exact) mass is 560 g/mol. The minimum Gasteiger partial charge on any atom is -0.388 e. The Bertz CT molecular complexity index is 1740. The molecule has 0 aliphatic heterocycles. The van der Waals surface area contributed by atoms with E-state index in [0.717, 1.165) is 11.4 Å². The zero-order valence-corrected chi connectivity index (χ0v) is 25.8. The zero-order chi connectivity index (χ0) is 29.7. The summed E-state index contributed by atoms with van der Waals surface area (Å²) in [5, 5.41) is 6.90. The third-order valence-corrected chi connectivity index (χ3v) is 9.94. The van der Waals surface area contributed by atoms with Gasteiger partial charge in [0, 0.05) is 42.7 Å². The van der Waals surface area contributed by atoms with Crippen molar-refractivity contribution in [2.45, 2.75) is 43.9 Å². The quantitative estimate of drug-likeness (QED) is 0.207. The molecule has 0 saturated carbocycles. The van der Waals surface area contributed by atoms with Crippen LogP contribution in [0.5, 0.6) is 0 Å². The number of hydrogen-bond acceptors (Lipinski definition) is 2. The van der Waals surface area contributed by atoms with Crippen LogP contribution in [0, 0.1) is 0 Å². The van der Waals surface area contributed by atoms with Gasteiger partial charge in [0.05, 0.1) is 0 Å². The predicted octanol–water partition coefficient (Wildman–Crippen LogP) is 10.2. The normalized spacial score (nSPS) is 15.6. The first-order valence-corrected chi connectivity index (χ1v) is 15.5. The summed E-state index contributed by atoms with van der Waals surface area (Å²) in [6.45, 7) is 6.99. The molecule has 1 atom stereocenters.